The maximum Gasteiger partial charge on any atom is 0.0719 e. The number of rotatable bonds is 14. The van der Waals surface area contributed by atoms with Gasteiger partial charge in [-0.15, -0.1) is 0 Å². The van der Waals surface area contributed by atoms with E-state index in [-0.39, 0.29) is 12.1 Å². The van der Waals surface area contributed by atoms with Crippen molar-refractivity contribution < 1.29 is 4.74 Å². The highest BCUT2D eigenvalue weighted by molar-refractivity contribution is 4.71. The Balaban J connectivity index is 3.22. The molecular weight excluding hydrogens is 234 g/mol. The molecule has 0 fully saturated rings. The summed E-state index contributed by atoms with van der Waals surface area (Å²) in [4.78, 5) is 0. The van der Waals surface area contributed by atoms with E-state index in [0.717, 1.165) is 12.8 Å². The molecule has 0 spiro atoms. The van der Waals surface area contributed by atoms with Crippen LogP contribution in [0.5, 0.6) is 0 Å². The van der Waals surface area contributed by atoms with Crippen molar-refractivity contribution in [1.82, 2.24) is 0 Å². The van der Waals surface area contributed by atoms with Gasteiger partial charge >= 0.3 is 0 Å². The van der Waals surface area contributed by atoms with Gasteiger partial charge in [0.25, 0.3) is 0 Å². The van der Waals surface area contributed by atoms with Crippen molar-refractivity contribution in [2.24, 2.45) is 5.73 Å². The van der Waals surface area contributed by atoms with Gasteiger partial charge in [0.15, 0.2) is 0 Å². The quantitative estimate of drug-likeness (QED) is 0.449. The predicted molar refractivity (Wildman–Crippen MR) is 85.5 cm³/mol. The number of methoxy groups -OCH3 is 1. The summed E-state index contributed by atoms with van der Waals surface area (Å²) in [6.45, 7) is 4.42. The summed E-state index contributed by atoms with van der Waals surface area (Å²) in [5, 5.41) is 0. The van der Waals surface area contributed by atoms with E-state index in [4.69, 9.17) is 10.5 Å². The van der Waals surface area contributed by atoms with Gasteiger partial charge in [0.05, 0.1) is 6.10 Å². The lowest BCUT2D eigenvalue weighted by Crippen LogP contribution is -2.35. The zero-order valence-electron chi connectivity index (χ0n) is 13.6. The summed E-state index contributed by atoms with van der Waals surface area (Å²) < 4.78 is 5.38. The molecule has 2 unspecified atom stereocenters. The molecule has 0 amide bonds. The first-order valence-electron chi connectivity index (χ1n) is 8.54. The molecule has 0 saturated heterocycles. The van der Waals surface area contributed by atoms with Crippen LogP contribution in [0.1, 0.15) is 90.9 Å². The van der Waals surface area contributed by atoms with Crippen molar-refractivity contribution in [3.05, 3.63) is 0 Å². The SMILES string of the molecule is CCCCCCCCCCCCC(N)C(CC)OC. The van der Waals surface area contributed by atoms with Crippen molar-refractivity contribution in [3.8, 4) is 0 Å². The topological polar surface area (TPSA) is 35.2 Å². The maximum atomic E-state index is 6.12. The van der Waals surface area contributed by atoms with Crippen LogP contribution in [-0.2, 0) is 4.74 Å². The monoisotopic (exact) mass is 271 g/mol. The van der Waals surface area contributed by atoms with Gasteiger partial charge < -0.3 is 10.5 Å². The summed E-state index contributed by atoms with van der Waals surface area (Å²) >= 11 is 0. The van der Waals surface area contributed by atoms with Crippen molar-refractivity contribution in [3.63, 3.8) is 0 Å². The smallest absolute Gasteiger partial charge is 0.0719 e. The lowest BCUT2D eigenvalue weighted by molar-refractivity contribution is 0.0740. The van der Waals surface area contributed by atoms with Gasteiger partial charge in [-0.05, 0) is 12.8 Å². The Morgan fingerprint density at radius 2 is 1.26 bits per heavy atom. The molecule has 2 nitrogen and oxygen atoms in total. The molecule has 19 heavy (non-hydrogen) atoms. The van der Waals surface area contributed by atoms with E-state index in [0.29, 0.717) is 0 Å². The maximum absolute atomic E-state index is 6.12. The molecule has 0 saturated carbocycles. The second kappa shape index (κ2) is 14.3. The van der Waals surface area contributed by atoms with Crippen molar-refractivity contribution in [2.45, 2.75) is 103 Å². The Labute approximate surface area is 121 Å². The second-order valence-electron chi connectivity index (χ2n) is 5.82. The highest BCUT2D eigenvalue weighted by atomic mass is 16.5. The van der Waals surface area contributed by atoms with E-state index in [1.165, 1.54) is 64.2 Å². The third-order valence-electron chi connectivity index (χ3n) is 4.07. The Morgan fingerprint density at radius 3 is 1.68 bits per heavy atom. The highest BCUT2D eigenvalue weighted by Crippen LogP contribution is 2.13. The molecule has 0 bridgehead atoms. The molecule has 2 N–H and O–H groups in total. The van der Waals surface area contributed by atoms with Crippen molar-refractivity contribution >= 4 is 0 Å². The second-order valence-corrected chi connectivity index (χ2v) is 5.82. The summed E-state index contributed by atoms with van der Waals surface area (Å²) in [6.07, 6.45) is 16.2. The largest absolute Gasteiger partial charge is 0.380 e. The number of hydrogen-bond donors (Lipinski definition) is 1. The Morgan fingerprint density at radius 1 is 0.789 bits per heavy atom. The third kappa shape index (κ3) is 11.4. The molecule has 0 rings (SSSR count). The molecule has 0 heterocycles. The van der Waals surface area contributed by atoms with Crippen LogP contribution in [0.3, 0.4) is 0 Å². The Hall–Kier alpha value is -0.0800. The first-order chi connectivity index (χ1) is 9.26. The number of ether oxygens (including phenoxy) is 1. The summed E-state index contributed by atoms with van der Waals surface area (Å²) in [5.74, 6) is 0. The Bertz CT molecular complexity index is 169. The normalized spacial score (nSPS) is 14.5. The van der Waals surface area contributed by atoms with Crippen LogP contribution in [0.4, 0.5) is 0 Å². The Kier molecular flexibility index (Phi) is 14.3. The van der Waals surface area contributed by atoms with Crippen LogP contribution in [0.2, 0.25) is 0 Å². The fraction of sp³-hybridized carbons (Fsp3) is 1.00. The average Bonchev–Trinajstić information content (AvgIpc) is 2.42. The van der Waals surface area contributed by atoms with E-state index < -0.39 is 0 Å². The first-order valence-corrected chi connectivity index (χ1v) is 8.54. The zero-order chi connectivity index (χ0) is 14.3. The number of unbranched alkanes of at least 4 members (excludes halogenated alkanes) is 9. The molecule has 0 aromatic heterocycles. The first kappa shape index (κ1) is 18.9. The fourth-order valence-electron chi connectivity index (χ4n) is 2.70. The van der Waals surface area contributed by atoms with Crippen LogP contribution in [0.25, 0.3) is 0 Å². The highest BCUT2D eigenvalue weighted by Gasteiger charge is 2.13. The molecule has 0 aromatic rings. The van der Waals surface area contributed by atoms with Crippen molar-refractivity contribution in [1.29, 1.82) is 0 Å². The summed E-state index contributed by atoms with van der Waals surface area (Å²) in [7, 11) is 1.77. The minimum atomic E-state index is 0.226. The standard InChI is InChI=1S/C17H37NO/c1-4-6-7-8-9-10-11-12-13-14-15-16(18)17(5-2)19-3/h16-17H,4-15,18H2,1-3H3. The van der Waals surface area contributed by atoms with Crippen LogP contribution in [0, 0.1) is 0 Å². The van der Waals surface area contributed by atoms with Crippen LogP contribution >= 0.6 is 0 Å². The average molecular weight is 271 g/mol. The van der Waals surface area contributed by atoms with E-state index in [1.54, 1.807) is 7.11 Å². The van der Waals surface area contributed by atoms with Gasteiger partial charge in [0.1, 0.15) is 0 Å². The molecule has 0 radical (unpaired) electrons. The molecule has 0 aliphatic heterocycles. The molecule has 116 valence electrons. The van der Waals surface area contributed by atoms with Gasteiger partial charge in [-0.1, -0.05) is 78.1 Å². The molecule has 0 aromatic carbocycles. The summed E-state index contributed by atoms with van der Waals surface area (Å²) in [5.41, 5.74) is 6.12. The molecule has 2 heteroatoms. The van der Waals surface area contributed by atoms with Crippen LogP contribution < -0.4 is 5.73 Å². The minimum absolute atomic E-state index is 0.226. The van der Waals surface area contributed by atoms with E-state index in [1.807, 2.05) is 0 Å². The third-order valence-corrected chi connectivity index (χ3v) is 4.07. The van der Waals surface area contributed by atoms with Gasteiger partial charge in [-0.2, -0.15) is 0 Å². The van der Waals surface area contributed by atoms with Crippen LogP contribution in [0.15, 0.2) is 0 Å². The van der Waals surface area contributed by atoms with Crippen molar-refractivity contribution in [2.75, 3.05) is 7.11 Å². The number of nitrogens with two attached hydrogens (primary N) is 1. The van der Waals surface area contributed by atoms with E-state index in [2.05, 4.69) is 13.8 Å². The molecule has 2 atom stereocenters. The minimum Gasteiger partial charge on any atom is -0.380 e. The van der Waals surface area contributed by atoms with Crippen LogP contribution in [-0.4, -0.2) is 19.3 Å². The van der Waals surface area contributed by atoms with Gasteiger partial charge in [0.2, 0.25) is 0 Å². The lowest BCUT2D eigenvalue weighted by Gasteiger charge is -2.20. The van der Waals surface area contributed by atoms with Gasteiger partial charge in [-0.3, -0.25) is 0 Å². The lowest BCUT2D eigenvalue weighted by atomic mass is 10.0. The van der Waals surface area contributed by atoms with E-state index in [9.17, 15) is 0 Å². The fourth-order valence-corrected chi connectivity index (χ4v) is 2.70. The van der Waals surface area contributed by atoms with Gasteiger partial charge in [-0.25, -0.2) is 0 Å². The van der Waals surface area contributed by atoms with Gasteiger partial charge in [0, 0.05) is 13.2 Å². The zero-order valence-corrected chi connectivity index (χ0v) is 13.6. The number of hydrogen-bond acceptors (Lipinski definition) is 2. The molecule has 0 aliphatic carbocycles. The molecule has 0 aliphatic rings. The van der Waals surface area contributed by atoms with E-state index >= 15 is 0 Å². The molecular formula is C17H37NO. The predicted octanol–water partition coefficient (Wildman–Crippen LogP) is 5.05. The summed E-state index contributed by atoms with van der Waals surface area (Å²) in [6, 6.07) is 0.226.